The van der Waals surface area contributed by atoms with E-state index >= 15 is 0 Å². The van der Waals surface area contributed by atoms with Crippen molar-refractivity contribution in [3.63, 3.8) is 0 Å². The zero-order chi connectivity index (χ0) is 20.1. The van der Waals surface area contributed by atoms with Crippen LogP contribution >= 0.6 is 23.4 Å². The lowest BCUT2D eigenvalue weighted by Gasteiger charge is -2.14. The first-order valence-electron chi connectivity index (χ1n) is 8.87. The molecule has 0 fully saturated rings. The first-order chi connectivity index (χ1) is 13.5. The molecule has 6 nitrogen and oxygen atoms in total. The molecule has 2 N–H and O–H groups in total. The summed E-state index contributed by atoms with van der Waals surface area (Å²) in [6.07, 6.45) is 0.704. The van der Waals surface area contributed by atoms with E-state index in [2.05, 4.69) is 15.5 Å². The van der Waals surface area contributed by atoms with Crippen molar-refractivity contribution in [3.05, 3.63) is 75.2 Å². The quantitative estimate of drug-likeness (QED) is 0.572. The number of benzene rings is 2. The number of carbonyl (C=O) groups is 1. The largest absolute Gasteiger partial charge is 0.343 e. The van der Waals surface area contributed by atoms with E-state index in [1.807, 2.05) is 37.3 Å². The Hall–Kier alpha value is -2.51. The van der Waals surface area contributed by atoms with Crippen molar-refractivity contribution in [1.29, 1.82) is 0 Å². The van der Waals surface area contributed by atoms with Crippen LogP contribution in [-0.4, -0.2) is 25.9 Å². The predicted molar refractivity (Wildman–Crippen MR) is 113 cm³/mol. The number of carbonyl (C=O) groups excluding carboxylic acids is 1. The molecule has 0 aliphatic heterocycles. The van der Waals surface area contributed by atoms with Crippen LogP contribution < -0.4 is 11.0 Å². The van der Waals surface area contributed by atoms with Gasteiger partial charge in [-0.3, -0.25) is 9.36 Å². The normalized spacial score (nSPS) is 12.0. The highest BCUT2D eigenvalue weighted by molar-refractivity contribution is 8.00. The molecule has 1 aromatic heterocycles. The smallest absolute Gasteiger partial charge is 0.325 e. The monoisotopic (exact) mass is 416 g/mol. The summed E-state index contributed by atoms with van der Waals surface area (Å²) >= 11 is 7.35. The molecule has 3 rings (SSSR count). The second-order valence-electron chi connectivity index (χ2n) is 6.36. The summed E-state index contributed by atoms with van der Waals surface area (Å²) in [5.41, 5.74) is 2.34. The number of nitrogens with zero attached hydrogens (tertiary/aromatic N) is 2. The minimum absolute atomic E-state index is 0.180. The average molecular weight is 417 g/mol. The maximum Gasteiger partial charge on any atom is 0.343 e. The fraction of sp³-hybridized carbons (Fsp3) is 0.250. The number of H-pyrrole nitrogens is 1. The first kappa shape index (κ1) is 20.2. The minimum atomic E-state index is -0.441. The van der Waals surface area contributed by atoms with Gasteiger partial charge in [0.1, 0.15) is 0 Å². The summed E-state index contributed by atoms with van der Waals surface area (Å²) in [7, 11) is 0. The Morgan fingerprint density at radius 3 is 2.75 bits per heavy atom. The second kappa shape index (κ2) is 9.12. The Kier molecular flexibility index (Phi) is 6.59. The number of nitrogens with one attached hydrogen (secondary N) is 2. The molecule has 0 saturated heterocycles. The second-order valence-corrected chi connectivity index (χ2v) is 8.08. The average Bonchev–Trinajstić information content (AvgIpc) is 3.04. The Labute approximate surface area is 172 Å². The lowest BCUT2D eigenvalue weighted by Crippen LogP contribution is -2.24. The molecular weight excluding hydrogens is 396 g/mol. The molecule has 146 valence electrons. The van der Waals surface area contributed by atoms with Crippen molar-refractivity contribution in [2.75, 3.05) is 5.32 Å². The van der Waals surface area contributed by atoms with Crippen LogP contribution in [0.25, 0.3) is 0 Å². The molecule has 0 bridgehead atoms. The van der Waals surface area contributed by atoms with Gasteiger partial charge in [-0.05, 0) is 43.5 Å². The molecule has 8 heteroatoms. The zero-order valence-electron chi connectivity index (χ0n) is 15.6. The number of amides is 1. The molecular formula is C20H21ClN4O2S. The third-order valence-electron chi connectivity index (χ3n) is 4.37. The number of aromatic amines is 1. The number of hydrogen-bond acceptors (Lipinski definition) is 4. The van der Waals surface area contributed by atoms with Crippen LogP contribution in [0.2, 0.25) is 5.02 Å². The fourth-order valence-corrected chi connectivity index (χ4v) is 3.72. The summed E-state index contributed by atoms with van der Waals surface area (Å²) in [6.45, 7) is 4.12. The van der Waals surface area contributed by atoms with Crippen molar-refractivity contribution in [3.8, 4) is 0 Å². The van der Waals surface area contributed by atoms with E-state index in [1.54, 1.807) is 29.7 Å². The van der Waals surface area contributed by atoms with Crippen LogP contribution in [0.1, 0.15) is 18.1 Å². The van der Waals surface area contributed by atoms with E-state index < -0.39 is 5.25 Å². The van der Waals surface area contributed by atoms with Gasteiger partial charge in [0.15, 0.2) is 5.16 Å². The van der Waals surface area contributed by atoms with E-state index in [0.717, 1.165) is 11.1 Å². The molecule has 0 unspecified atom stereocenters. The Balaban J connectivity index is 1.67. The zero-order valence-corrected chi connectivity index (χ0v) is 17.2. The summed E-state index contributed by atoms with van der Waals surface area (Å²) in [5.74, 6) is -0.180. The molecule has 28 heavy (non-hydrogen) atoms. The highest BCUT2D eigenvalue weighted by Crippen LogP contribution is 2.25. The van der Waals surface area contributed by atoms with Crippen molar-refractivity contribution in [2.24, 2.45) is 0 Å². The summed E-state index contributed by atoms with van der Waals surface area (Å²) in [4.78, 5) is 24.7. The summed E-state index contributed by atoms with van der Waals surface area (Å²) in [5, 5.41) is 10.1. The number of aryl methyl sites for hydroxylation is 1. The molecule has 1 amide bonds. The van der Waals surface area contributed by atoms with Crippen LogP contribution in [0.4, 0.5) is 5.69 Å². The maximum absolute atomic E-state index is 12.6. The van der Waals surface area contributed by atoms with Crippen LogP contribution in [0.5, 0.6) is 0 Å². The number of anilines is 1. The molecule has 0 saturated carbocycles. The third kappa shape index (κ3) is 4.85. The molecule has 0 aliphatic carbocycles. The van der Waals surface area contributed by atoms with Gasteiger partial charge in [-0.2, -0.15) is 0 Å². The standard InChI is InChI=1S/C20H21ClN4O2S/c1-13-16(21)9-6-10-17(13)22-18(26)14(2)28-20-24-23-19(27)25(20)12-11-15-7-4-3-5-8-15/h3-10,14H,11-12H2,1-2H3,(H,22,26)(H,23,27)/t14-/m1/s1. The van der Waals surface area contributed by atoms with Gasteiger partial charge < -0.3 is 5.32 Å². The van der Waals surface area contributed by atoms with Gasteiger partial charge in [0.05, 0.1) is 5.25 Å². The van der Waals surface area contributed by atoms with Gasteiger partial charge in [-0.1, -0.05) is 59.8 Å². The Morgan fingerprint density at radius 1 is 1.25 bits per heavy atom. The molecule has 0 spiro atoms. The maximum atomic E-state index is 12.6. The van der Waals surface area contributed by atoms with Crippen LogP contribution in [0.3, 0.4) is 0 Å². The van der Waals surface area contributed by atoms with Gasteiger partial charge in [-0.25, -0.2) is 9.89 Å². The summed E-state index contributed by atoms with van der Waals surface area (Å²) < 4.78 is 1.56. The summed E-state index contributed by atoms with van der Waals surface area (Å²) in [6, 6.07) is 15.3. The van der Waals surface area contributed by atoms with E-state index in [-0.39, 0.29) is 11.6 Å². The number of aromatic nitrogens is 3. The minimum Gasteiger partial charge on any atom is -0.325 e. The molecule has 1 heterocycles. The van der Waals surface area contributed by atoms with Crippen LogP contribution in [0, 0.1) is 6.92 Å². The van der Waals surface area contributed by atoms with E-state index in [9.17, 15) is 9.59 Å². The van der Waals surface area contributed by atoms with E-state index in [0.29, 0.717) is 28.8 Å². The lowest BCUT2D eigenvalue weighted by atomic mass is 10.1. The van der Waals surface area contributed by atoms with Gasteiger partial charge in [-0.15, -0.1) is 5.10 Å². The first-order valence-corrected chi connectivity index (χ1v) is 10.1. The highest BCUT2D eigenvalue weighted by atomic mass is 35.5. The van der Waals surface area contributed by atoms with Crippen molar-refractivity contribution < 1.29 is 4.79 Å². The number of thioether (sulfide) groups is 1. The predicted octanol–water partition coefficient (Wildman–Crippen LogP) is 3.90. The number of hydrogen-bond donors (Lipinski definition) is 2. The Morgan fingerprint density at radius 2 is 2.00 bits per heavy atom. The molecule has 2 aromatic carbocycles. The van der Waals surface area contributed by atoms with Crippen LogP contribution in [0.15, 0.2) is 58.5 Å². The number of halogens is 1. The van der Waals surface area contributed by atoms with Crippen molar-refractivity contribution in [1.82, 2.24) is 14.8 Å². The van der Waals surface area contributed by atoms with Gasteiger partial charge in [0.25, 0.3) is 0 Å². The SMILES string of the molecule is Cc1c(Cl)cccc1NC(=O)[C@@H](C)Sc1n[nH]c(=O)n1CCc1ccccc1. The van der Waals surface area contributed by atoms with Crippen molar-refractivity contribution >= 4 is 35.0 Å². The highest BCUT2D eigenvalue weighted by Gasteiger charge is 2.20. The molecule has 0 radical (unpaired) electrons. The fourth-order valence-electron chi connectivity index (χ4n) is 2.66. The van der Waals surface area contributed by atoms with Crippen LogP contribution in [-0.2, 0) is 17.8 Å². The third-order valence-corrected chi connectivity index (χ3v) is 5.87. The topological polar surface area (TPSA) is 79.8 Å². The van der Waals surface area contributed by atoms with Gasteiger partial charge in [0.2, 0.25) is 5.91 Å². The van der Waals surface area contributed by atoms with E-state index in [1.165, 1.54) is 11.8 Å². The van der Waals surface area contributed by atoms with Gasteiger partial charge in [0, 0.05) is 17.3 Å². The number of rotatable bonds is 7. The molecule has 3 aromatic rings. The van der Waals surface area contributed by atoms with Gasteiger partial charge >= 0.3 is 5.69 Å². The van der Waals surface area contributed by atoms with Crippen molar-refractivity contribution in [2.45, 2.75) is 37.2 Å². The molecule has 1 atom stereocenters. The lowest BCUT2D eigenvalue weighted by molar-refractivity contribution is -0.115. The Bertz CT molecular complexity index is 1020. The molecule has 0 aliphatic rings. The van der Waals surface area contributed by atoms with E-state index in [4.69, 9.17) is 11.6 Å².